The maximum atomic E-state index is 11.0. The molecule has 10 heavy (non-hydrogen) atoms. The van der Waals surface area contributed by atoms with Crippen LogP contribution in [0.15, 0.2) is 0 Å². The van der Waals surface area contributed by atoms with Crippen LogP contribution in [0.5, 0.6) is 0 Å². The second-order valence-corrected chi connectivity index (χ2v) is 11.9. The molecule has 0 spiro atoms. The van der Waals surface area contributed by atoms with Gasteiger partial charge in [0.05, 0.1) is 0 Å². The summed E-state index contributed by atoms with van der Waals surface area (Å²) >= 11 is -0.609. The van der Waals surface area contributed by atoms with Crippen molar-refractivity contribution >= 4 is 30.5 Å². The van der Waals surface area contributed by atoms with E-state index in [1.165, 1.54) is 0 Å². The van der Waals surface area contributed by atoms with E-state index in [9.17, 15) is 3.32 Å². The quantitative estimate of drug-likeness (QED) is 0.717. The molecule has 0 rings (SSSR count). The van der Waals surface area contributed by atoms with Crippen LogP contribution in [-0.2, 0) is 23.4 Å². The van der Waals surface area contributed by atoms with Crippen LogP contribution in [0.3, 0.4) is 0 Å². The SMILES string of the molecule is CC(C)[O][Ti](=[O])([Cl])([Cl])[O]Cl. The second kappa shape index (κ2) is 3.36. The molecule has 0 atom stereocenters. The van der Waals surface area contributed by atoms with Gasteiger partial charge in [-0.3, -0.25) is 0 Å². The summed E-state index contributed by atoms with van der Waals surface area (Å²) in [4.78, 5) is 0. The summed E-state index contributed by atoms with van der Waals surface area (Å²) in [7, 11) is 10.4. The Hall–Kier alpha value is 1.30. The van der Waals surface area contributed by atoms with Gasteiger partial charge in [-0.15, -0.1) is 0 Å². The first-order valence-corrected chi connectivity index (χ1v) is 9.05. The monoisotopic (exact) mass is 244 g/mol. The molecule has 0 amide bonds. The predicted octanol–water partition coefficient (Wildman–Crippen LogP) is 2.75. The van der Waals surface area contributed by atoms with Crippen molar-refractivity contribution in [3.8, 4) is 0 Å². The van der Waals surface area contributed by atoms with Crippen LogP contribution >= 0.6 is 30.5 Å². The molecule has 0 N–H and O–H groups in total. The Morgan fingerprint density at radius 1 is 1.40 bits per heavy atom. The van der Waals surface area contributed by atoms with Gasteiger partial charge in [0, 0.05) is 0 Å². The Labute approximate surface area is 73.6 Å². The van der Waals surface area contributed by atoms with Crippen molar-refractivity contribution in [1.29, 1.82) is 0 Å². The number of rotatable bonds is 3. The summed E-state index contributed by atoms with van der Waals surface area (Å²) in [6.07, 6.45) is -0.386. The molecule has 0 bridgehead atoms. The Morgan fingerprint density at radius 3 is 1.90 bits per heavy atom. The molecule has 0 fully saturated rings. The summed E-state index contributed by atoms with van der Waals surface area (Å²) in [6, 6.07) is 0. The van der Waals surface area contributed by atoms with E-state index in [-0.39, 0.29) is 6.10 Å². The Bertz CT molecular complexity index is 174. The van der Waals surface area contributed by atoms with Crippen LogP contribution in [0.4, 0.5) is 0 Å². The molecule has 0 aromatic rings. The Balaban J connectivity index is 4.26. The summed E-state index contributed by atoms with van der Waals surface area (Å²) in [6.45, 7) is 3.22. The van der Waals surface area contributed by atoms with Crippen molar-refractivity contribution in [3.63, 3.8) is 0 Å². The molecule has 0 aliphatic heterocycles. The zero-order valence-electron chi connectivity index (χ0n) is 5.44. The van der Waals surface area contributed by atoms with Crippen molar-refractivity contribution in [1.82, 2.24) is 0 Å². The molecule has 0 aliphatic carbocycles. The van der Waals surface area contributed by atoms with E-state index in [1.54, 1.807) is 13.8 Å². The van der Waals surface area contributed by atoms with Gasteiger partial charge in [0.2, 0.25) is 0 Å². The van der Waals surface area contributed by atoms with Crippen LogP contribution < -0.4 is 0 Å². The molecule has 0 aliphatic rings. The normalized spacial score (nSPS) is 14.3. The van der Waals surface area contributed by atoms with Crippen molar-refractivity contribution in [2.75, 3.05) is 0 Å². The average molecular weight is 245 g/mol. The summed E-state index contributed by atoms with van der Waals surface area (Å²) in [5.74, 6) is 0. The zero-order valence-corrected chi connectivity index (χ0v) is 9.27. The fourth-order valence-electron chi connectivity index (χ4n) is 0.389. The van der Waals surface area contributed by atoms with Crippen molar-refractivity contribution in [2.24, 2.45) is 0 Å². The van der Waals surface area contributed by atoms with E-state index in [1.807, 2.05) is 0 Å². The fourth-order valence-corrected chi connectivity index (χ4v) is 3.22. The van der Waals surface area contributed by atoms with Gasteiger partial charge in [0.1, 0.15) is 0 Å². The van der Waals surface area contributed by atoms with Gasteiger partial charge in [-0.2, -0.15) is 0 Å². The first-order chi connectivity index (χ1) is 4.24. The molecule has 0 aromatic heterocycles. The van der Waals surface area contributed by atoms with Gasteiger partial charge < -0.3 is 0 Å². The molecule has 0 heterocycles. The summed E-state index contributed by atoms with van der Waals surface area (Å²) in [5.41, 5.74) is 0. The molecule has 0 aromatic carbocycles. The molecule has 3 nitrogen and oxygen atoms in total. The van der Waals surface area contributed by atoms with Gasteiger partial charge in [-0.25, -0.2) is 0 Å². The van der Waals surface area contributed by atoms with Gasteiger partial charge in [-0.1, -0.05) is 0 Å². The van der Waals surface area contributed by atoms with E-state index in [0.29, 0.717) is 0 Å². The predicted molar refractivity (Wildman–Crippen MR) is 35.6 cm³/mol. The van der Waals surface area contributed by atoms with E-state index in [4.69, 9.17) is 30.5 Å². The van der Waals surface area contributed by atoms with E-state index in [0.717, 1.165) is 0 Å². The molecule has 0 unspecified atom stereocenters. The molecule has 0 saturated carbocycles. The van der Waals surface area contributed by atoms with Gasteiger partial charge in [-0.05, 0) is 0 Å². The zero-order chi connectivity index (χ0) is 8.44. The first-order valence-electron chi connectivity index (χ1n) is 2.54. The molecule has 0 saturated heterocycles. The third-order valence-corrected chi connectivity index (χ3v) is 5.41. The molecule has 0 radical (unpaired) electrons. The van der Waals surface area contributed by atoms with Crippen molar-refractivity contribution in [2.45, 2.75) is 20.0 Å². The van der Waals surface area contributed by atoms with Crippen molar-refractivity contribution in [3.05, 3.63) is 0 Å². The minimum atomic E-state index is -5.37. The molecular weight excluding hydrogens is 238 g/mol. The van der Waals surface area contributed by atoms with Crippen LogP contribution in [0.1, 0.15) is 13.8 Å². The maximum absolute atomic E-state index is 11.0. The molecule has 7 heteroatoms. The van der Waals surface area contributed by atoms with Crippen LogP contribution in [0.2, 0.25) is 0 Å². The fraction of sp³-hybridized carbons (Fsp3) is 1.00. The molecular formula is C3H7Cl3O3Ti. The van der Waals surface area contributed by atoms with Crippen molar-refractivity contribution < 1.29 is 23.4 Å². The van der Waals surface area contributed by atoms with Crippen LogP contribution in [0, 0.1) is 0 Å². The minimum absolute atomic E-state index is 0.386. The third-order valence-electron chi connectivity index (χ3n) is 0.542. The van der Waals surface area contributed by atoms with Gasteiger partial charge >= 0.3 is 73.9 Å². The van der Waals surface area contributed by atoms with E-state index >= 15 is 0 Å². The standard InChI is InChI=1S/C3H7O.ClO.2ClH.O.Ti/c1-3(2)4;1-2;;;;/h3H,1-2H3;;2*1H;;/q2*-1;;;;+4/p-2. The number of halogens is 3. The second-order valence-electron chi connectivity index (χ2n) is 2.03. The van der Waals surface area contributed by atoms with Crippen LogP contribution in [0.25, 0.3) is 0 Å². The summed E-state index contributed by atoms with van der Waals surface area (Å²) in [5, 5.41) is 0. The Morgan fingerprint density at radius 2 is 1.80 bits per heavy atom. The Kier molecular flexibility index (Phi) is 3.79. The molecule has 62 valence electrons. The summed E-state index contributed by atoms with van der Waals surface area (Å²) < 4.78 is 19.4. The van der Waals surface area contributed by atoms with Gasteiger partial charge in [0.15, 0.2) is 0 Å². The first kappa shape index (κ1) is 11.3. The van der Waals surface area contributed by atoms with Gasteiger partial charge in [0.25, 0.3) is 0 Å². The third kappa shape index (κ3) is 5.02. The number of hydrogen-bond acceptors (Lipinski definition) is 3. The van der Waals surface area contributed by atoms with Crippen LogP contribution in [-0.4, -0.2) is 6.10 Å². The number of hydrogen-bond donors (Lipinski definition) is 0. The van der Waals surface area contributed by atoms with E-state index in [2.05, 4.69) is 6.19 Å². The van der Waals surface area contributed by atoms with E-state index < -0.39 is 13.9 Å². The topological polar surface area (TPSA) is 35.5 Å². The average Bonchev–Trinajstić information content (AvgIpc) is 1.61.